The maximum Gasteiger partial charge on any atom is 0.233 e. The lowest BCUT2D eigenvalue weighted by Gasteiger charge is -2.19. The third-order valence-corrected chi connectivity index (χ3v) is 5.06. The van der Waals surface area contributed by atoms with Crippen LogP contribution in [-0.2, 0) is 4.74 Å². The maximum atomic E-state index is 12.8. The van der Waals surface area contributed by atoms with E-state index in [1.807, 2.05) is 29.8 Å². The predicted octanol–water partition coefficient (Wildman–Crippen LogP) is 3.13. The van der Waals surface area contributed by atoms with Gasteiger partial charge in [-0.3, -0.25) is 4.79 Å². The first kappa shape index (κ1) is 14.6. The second-order valence-corrected chi connectivity index (χ2v) is 6.81. The van der Waals surface area contributed by atoms with Gasteiger partial charge in [0.25, 0.3) is 0 Å². The Labute approximate surface area is 135 Å². The molecule has 2 aromatic rings. The first-order chi connectivity index (χ1) is 11.1. The highest BCUT2D eigenvalue weighted by molar-refractivity contribution is 5.99. The largest absolute Gasteiger partial charge is 0.367 e. The monoisotopic (exact) mass is 311 g/mol. The van der Waals surface area contributed by atoms with Gasteiger partial charge in [0.15, 0.2) is 0 Å². The molecule has 2 aliphatic heterocycles. The molecule has 3 atom stereocenters. The van der Waals surface area contributed by atoms with Crippen molar-refractivity contribution in [2.75, 3.05) is 6.61 Å². The van der Waals surface area contributed by atoms with Crippen molar-refractivity contribution in [2.45, 2.75) is 50.7 Å². The second-order valence-electron chi connectivity index (χ2n) is 6.81. The quantitative estimate of drug-likeness (QED) is 0.817. The van der Waals surface area contributed by atoms with Gasteiger partial charge in [0.1, 0.15) is 11.4 Å². The highest BCUT2D eigenvalue weighted by atomic mass is 16.5. The molecule has 0 N–H and O–H groups in total. The highest BCUT2D eigenvalue weighted by Crippen LogP contribution is 2.38. The summed E-state index contributed by atoms with van der Waals surface area (Å²) in [5, 5.41) is 4.56. The smallest absolute Gasteiger partial charge is 0.233 e. The molecule has 120 valence electrons. The third-order valence-electron chi connectivity index (χ3n) is 5.06. The summed E-state index contributed by atoms with van der Waals surface area (Å²) in [6, 6.07) is 10.5. The van der Waals surface area contributed by atoms with E-state index in [9.17, 15) is 4.79 Å². The van der Waals surface area contributed by atoms with Crippen LogP contribution in [0.25, 0.3) is 0 Å². The number of rotatable bonds is 3. The van der Waals surface area contributed by atoms with Crippen LogP contribution in [-0.4, -0.2) is 32.8 Å². The summed E-state index contributed by atoms with van der Waals surface area (Å²) < 4.78 is 7.59. The van der Waals surface area contributed by atoms with Gasteiger partial charge in [-0.2, -0.15) is 0 Å². The molecule has 23 heavy (non-hydrogen) atoms. The van der Waals surface area contributed by atoms with Gasteiger partial charge in [0.05, 0.1) is 6.04 Å². The summed E-state index contributed by atoms with van der Waals surface area (Å²) in [5.41, 5.74) is 0.457. The van der Waals surface area contributed by atoms with Crippen LogP contribution in [0.15, 0.2) is 30.3 Å². The molecule has 1 aromatic carbocycles. The van der Waals surface area contributed by atoms with Crippen LogP contribution in [0.1, 0.15) is 67.1 Å². The zero-order valence-electron chi connectivity index (χ0n) is 13.5. The SMILES string of the molecule is C[C@H]1C[C@@H](c2ccccc2)n2nc(C(=O)C3(C)CCCO3)nc21. The Morgan fingerprint density at radius 2 is 2.13 bits per heavy atom. The molecule has 4 rings (SSSR count). The fraction of sp³-hybridized carbons (Fsp3) is 0.500. The molecule has 5 heteroatoms. The van der Waals surface area contributed by atoms with Gasteiger partial charge >= 0.3 is 0 Å². The molecule has 1 aromatic heterocycles. The van der Waals surface area contributed by atoms with Crippen LogP contribution < -0.4 is 0 Å². The van der Waals surface area contributed by atoms with Crippen molar-refractivity contribution in [3.05, 3.63) is 47.5 Å². The minimum Gasteiger partial charge on any atom is -0.367 e. The third kappa shape index (κ3) is 2.30. The molecular weight excluding hydrogens is 290 g/mol. The lowest BCUT2D eigenvalue weighted by Crippen LogP contribution is -2.35. The molecule has 1 saturated heterocycles. The average Bonchev–Trinajstić information content (AvgIpc) is 3.25. The number of hydrogen-bond acceptors (Lipinski definition) is 4. The molecule has 2 aliphatic rings. The number of benzene rings is 1. The van der Waals surface area contributed by atoms with Gasteiger partial charge in [-0.1, -0.05) is 37.3 Å². The van der Waals surface area contributed by atoms with E-state index in [0.717, 1.165) is 25.1 Å². The van der Waals surface area contributed by atoms with Crippen LogP contribution >= 0.6 is 0 Å². The van der Waals surface area contributed by atoms with Crippen molar-refractivity contribution in [1.29, 1.82) is 0 Å². The van der Waals surface area contributed by atoms with Crippen molar-refractivity contribution < 1.29 is 9.53 Å². The summed E-state index contributed by atoms with van der Waals surface area (Å²) in [5.74, 6) is 1.42. The molecular formula is C18H21N3O2. The number of carbonyl (C=O) groups is 1. The molecule has 1 fully saturated rings. The van der Waals surface area contributed by atoms with Gasteiger partial charge in [-0.05, 0) is 31.7 Å². The Kier molecular flexibility index (Phi) is 3.34. The number of ether oxygens (including phenoxy) is 1. The van der Waals surface area contributed by atoms with Crippen molar-refractivity contribution in [2.24, 2.45) is 0 Å². The van der Waals surface area contributed by atoms with Crippen LogP contribution in [0.5, 0.6) is 0 Å². The zero-order chi connectivity index (χ0) is 16.0. The molecule has 1 unspecified atom stereocenters. The summed E-state index contributed by atoms with van der Waals surface area (Å²) >= 11 is 0. The first-order valence-electron chi connectivity index (χ1n) is 8.28. The van der Waals surface area contributed by atoms with Crippen LogP contribution in [0.4, 0.5) is 0 Å². The van der Waals surface area contributed by atoms with E-state index in [2.05, 4.69) is 29.1 Å². The van der Waals surface area contributed by atoms with E-state index in [-0.39, 0.29) is 11.8 Å². The lowest BCUT2D eigenvalue weighted by atomic mass is 9.96. The number of fused-ring (bicyclic) bond motifs is 1. The molecule has 0 spiro atoms. The van der Waals surface area contributed by atoms with Crippen molar-refractivity contribution in [3.8, 4) is 0 Å². The number of aromatic nitrogens is 3. The van der Waals surface area contributed by atoms with Gasteiger partial charge < -0.3 is 4.74 Å². The van der Waals surface area contributed by atoms with E-state index in [1.165, 1.54) is 5.56 Å². The molecule has 5 nitrogen and oxygen atoms in total. The fourth-order valence-corrected chi connectivity index (χ4v) is 3.68. The van der Waals surface area contributed by atoms with Crippen LogP contribution in [0.2, 0.25) is 0 Å². The van der Waals surface area contributed by atoms with E-state index < -0.39 is 5.60 Å². The maximum absolute atomic E-state index is 12.8. The van der Waals surface area contributed by atoms with Crippen molar-refractivity contribution in [3.63, 3.8) is 0 Å². The molecule has 0 aliphatic carbocycles. The van der Waals surface area contributed by atoms with E-state index in [4.69, 9.17) is 4.74 Å². The van der Waals surface area contributed by atoms with E-state index >= 15 is 0 Å². The number of Topliss-reactive ketones (excluding diaryl/α,β-unsaturated/α-hetero) is 1. The van der Waals surface area contributed by atoms with Gasteiger partial charge in [0, 0.05) is 12.5 Å². The predicted molar refractivity (Wildman–Crippen MR) is 85.6 cm³/mol. The van der Waals surface area contributed by atoms with Crippen molar-refractivity contribution in [1.82, 2.24) is 14.8 Å². The molecule has 0 radical (unpaired) electrons. The minimum absolute atomic E-state index is 0.0871. The summed E-state index contributed by atoms with van der Waals surface area (Å²) in [6.45, 7) is 4.64. The zero-order valence-corrected chi connectivity index (χ0v) is 13.5. The Morgan fingerprint density at radius 3 is 2.83 bits per heavy atom. The molecule has 0 saturated carbocycles. The van der Waals surface area contributed by atoms with Gasteiger partial charge in [-0.25, -0.2) is 9.67 Å². The lowest BCUT2D eigenvalue weighted by molar-refractivity contribution is 0.0204. The second kappa shape index (κ2) is 5.27. The number of nitrogens with zero attached hydrogens (tertiary/aromatic N) is 3. The number of hydrogen-bond donors (Lipinski definition) is 0. The van der Waals surface area contributed by atoms with Crippen molar-refractivity contribution >= 4 is 5.78 Å². The normalized spacial score (nSPS) is 29.7. The summed E-state index contributed by atoms with van der Waals surface area (Å²) in [6.07, 6.45) is 2.63. The molecule has 0 amide bonds. The Bertz CT molecular complexity index is 732. The molecule has 3 heterocycles. The average molecular weight is 311 g/mol. The highest BCUT2D eigenvalue weighted by Gasteiger charge is 2.42. The minimum atomic E-state index is -0.756. The topological polar surface area (TPSA) is 57.0 Å². The Balaban J connectivity index is 1.69. The van der Waals surface area contributed by atoms with E-state index in [1.54, 1.807) is 0 Å². The Hall–Kier alpha value is -2.01. The van der Waals surface area contributed by atoms with Crippen LogP contribution in [0.3, 0.4) is 0 Å². The Morgan fingerprint density at radius 1 is 1.35 bits per heavy atom. The van der Waals surface area contributed by atoms with E-state index in [0.29, 0.717) is 18.3 Å². The summed E-state index contributed by atoms with van der Waals surface area (Å²) in [7, 11) is 0. The fourth-order valence-electron chi connectivity index (χ4n) is 3.68. The summed E-state index contributed by atoms with van der Waals surface area (Å²) in [4.78, 5) is 17.3. The number of ketones is 1. The number of carbonyl (C=O) groups excluding carboxylic acids is 1. The van der Waals surface area contributed by atoms with Gasteiger partial charge in [0.2, 0.25) is 11.6 Å². The molecule has 0 bridgehead atoms. The standard InChI is InChI=1S/C18H21N3O2/c1-12-11-14(13-7-4-3-5-8-13)21-17(12)19-16(20-21)15(22)18(2)9-6-10-23-18/h3-5,7-8,12,14H,6,9-11H2,1-2H3/t12-,14-,18?/m0/s1. The first-order valence-corrected chi connectivity index (χ1v) is 8.28. The van der Waals surface area contributed by atoms with Crippen LogP contribution in [0, 0.1) is 0 Å². The van der Waals surface area contributed by atoms with Gasteiger partial charge in [-0.15, -0.1) is 5.10 Å².